The third-order valence-electron chi connectivity index (χ3n) is 2.57. The van der Waals surface area contributed by atoms with Crippen molar-refractivity contribution in [2.75, 3.05) is 20.8 Å². The zero-order valence-corrected chi connectivity index (χ0v) is 10.7. The average molecular weight is 239 g/mol. The molecule has 0 aromatic heterocycles. The molecule has 0 aliphatic rings. The Morgan fingerprint density at radius 1 is 1.06 bits per heavy atom. The van der Waals surface area contributed by atoms with Gasteiger partial charge in [0.2, 0.25) is 0 Å². The second-order valence-electron chi connectivity index (χ2n) is 3.77. The van der Waals surface area contributed by atoms with Crippen molar-refractivity contribution in [1.29, 1.82) is 0 Å². The molecule has 0 aliphatic heterocycles. The number of rotatable bonds is 7. The van der Waals surface area contributed by atoms with E-state index in [1.54, 1.807) is 14.2 Å². The van der Waals surface area contributed by atoms with Gasteiger partial charge in [0, 0.05) is 18.2 Å². The highest BCUT2D eigenvalue weighted by Gasteiger charge is 2.09. The lowest BCUT2D eigenvalue weighted by Crippen LogP contribution is -2.19. The molecule has 0 saturated carbocycles. The van der Waals surface area contributed by atoms with Crippen LogP contribution in [0.1, 0.15) is 19.8 Å². The molecular formula is C13H21NO3. The van der Waals surface area contributed by atoms with Crippen LogP contribution in [0, 0.1) is 0 Å². The fourth-order valence-corrected chi connectivity index (χ4v) is 1.57. The van der Waals surface area contributed by atoms with E-state index in [1.807, 2.05) is 18.2 Å². The Labute approximate surface area is 103 Å². The molecular weight excluding hydrogens is 218 g/mol. The molecule has 1 rings (SSSR count). The van der Waals surface area contributed by atoms with E-state index < -0.39 is 0 Å². The molecule has 17 heavy (non-hydrogen) atoms. The van der Waals surface area contributed by atoms with E-state index >= 15 is 0 Å². The van der Waals surface area contributed by atoms with Crippen LogP contribution in [0.2, 0.25) is 0 Å². The van der Waals surface area contributed by atoms with Gasteiger partial charge in [-0.1, -0.05) is 6.92 Å². The normalized spacial score (nSPS) is 12.0. The Morgan fingerprint density at radius 3 is 2.00 bits per heavy atom. The summed E-state index contributed by atoms with van der Waals surface area (Å²) < 4.78 is 16.2. The second kappa shape index (κ2) is 7.01. The van der Waals surface area contributed by atoms with Crippen LogP contribution in [0.25, 0.3) is 0 Å². The lowest BCUT2D eigenvalue weighted by Gasteiger charge is -2.17. The first-order chi connectivity index (χ1) is 8.23. The predicted molar refractivity (Wildman–Crippen MR) is 67.9 cm³/mol. The van der Waals surface area contributed by atoms with Crippen molar-refractivity contribution in [3.63, 3.8) is 0 Å². The molecule has 0 spiro atoms. The minimum Gasteiger partial charge on any atom is -0.496 e. The number of ether oxygens (including phenoxy) is 3. The molecule has 1 aromatic rings. The van der Waals surface area contributed by atoms with Gasteiger partial charge in [0.25, 0.3) is 0 Å². The van der Waals surface area contributed by atoms with Gasteiger partial charge in [-0.05, 0) is 19.4 Å². The van der Waals surface area contributed by atoms with Crippen molar-refractivity contribution in [3.8, 4) is 17.2 Å². The average Bonchev–Trinajstić information content (AvgIpc) is 2.37. The molecule has 0 saturated heterocycles. The van der Waals surface area contributed by atoms with E-state index in [2.05, 4.69) is 6.92 Å². The summed E-state index contributed by atoms with van der Waals surface area (Å²) >= 11 is 0. The number of hydrogen-bond donors (Lipinski definition) is 1. The van der Waals surface area contributed by atoms with Crippen molar-refractivity contribution in [3.05, 3.63) is 18.2 Å². The van der Waals surface area contributed by atoms with Crippen molar-refractivity contribution in [2.24, 2.45) is 5.73 Å². The monoisotopic (exact) mass is 239 g/mol. The maximum atomic E-state index is 5.85. The predicted octanol–water partition coefficient (Wildman–Crippen LogP) is 2.21. The minimum absolute atomic E-state index is 0.136. The molecule has 4 heteroatoms. The lowest BCUT2D eigenvalue weighted by atomic mass is 10.2. The molecule has 1 atom stereocenters. The van der Waals surface area contributed by atoms with E-state index in [0.29, 0.717) is 6.54 Å². The molecule has 0 radical (unpaired) electrons. The van der Waals surface area contributed by atoms with E-state index in [9.17, 15) is 0 Å². The van der Waals surface area contributed by atoms with Gasteiger partial charge in [0.05, 0.1) is 20.3 Å². The summed E-state index contributed by atoms with van der Waals surface area (Å²) in [6, 6.07) is 5.51. The van der Waals surface area contributed by atoms with Crippen molar-refractivity contribution < 1.29 is 14.2 Å². The smallest absolute Gasteiger partial charge is 0.127 e. The molecule has 2 N–H and O–H groups in total. The standard InChI is InChI=1S/C13H21NO3/c1-4-10(5-6-14)17-13-8-11(15-2)7-12(9-13)16-3/h7-10H,4-6,14H2,1-3H3. The highest BCUT2D eigenvalue weighted by molar-refractivity contribution is 5.42. The first-order valence-corrected chi connectivity index (χ1v) is 5.83. The molecule has 0 bridgehead atoms. The summed E-state index contributed by atoms with van der Waals surface area (Å²) in [5, 5.41) is 0. The fourth-order valence-electron chi connectivity index (χ4n) is 1.57. The van der Waals surface area contributed by atoms with Gasteiger partial charge in [-0.25, -0.2) is 0 Å². The molecule has 4 nitrogen and oxygen atoms in total. The van der Waals surface area contributed by atoms with Crippen LogP contribution in [-0.4, -0.2) is 26.9 Å². The van der Waals surface area contributed by atoms with Crippen molar-refractivity contribution in [2.45, 2.75) is 25.9 Å². The lowest BCUT2D eigenvalue weighted by molar-refractivity contribution is 0.188. The second-order valence-corrected chi connectivity index (χ2v) is 3.77. The minimum atomic E-state index is 0.136. The van der Waals surface area contributed by atoms with Crippen LogP contribution in [0.3, 0.4) is 0 Å². The van der Waals surface area contributed by atoms with E-state index in [0.717, 1.165) is 30.1 Å². The first-order valence-electron chi connectivity index (χ1n) is 5.83. The zero-order valence-electron chi connectivity index (χ0n) is 10.7. The van der Waals surface area contributed by atoms with E-state index in [1.165, 1.54) is 0 Å². The van der Waals surface area contributed by atoms with Gasteiger partial charge in [-0.2, -0.15) is 0 Å². The van der Waals surface area contributed by atoms with Gasteiger partial charge < -0.3 is 19.9 Å². The highest BCUT2D eigenvalue weighted by atomic mass is 16.5. The molecule has 0 amide bonds. The van der Waals surface area contributed by atoms with Crippen LogP contribution < -0.4 is 19.9 Å². The molecule has 0 heterocycles. The summed E-state index contributed by atoms with van der Waals surface area (Å²) in [5.74, 6) is 2.20. The summed E-state index contributed by atoms with van der Waals surface area (Å²) in [6.07, 6.45) is 1.91. The van der Waals surface area contributed by atoms with Gasteiger partial charge in [0.1, 0.15) is 17.2 Å². The van der Waals surface area contributed by atoms with Crippen molar-refractivity contribution in [1.82, 2.24) is 0 Å². The van der Waals surface area contributed by atoms with Crippen LogP contribution in [-0.2, 0) is 0 Å². The number of benzene rings is 1. The SMILES string of the molecule is CCC(CCN)Oc1cc(OC)cc(OC)c1. The topological polar surface area (TPSA) is 53.7 Å². The highest BCUT2D eigenvalue weighted by Crippen LogP contribution is 2.28. The zero-order chi connectivity index (χ0) is 12.7. The van der Waals surface area contributed by atoms with Crippen molar-refractivity contribution >= 4 is 0 Å². The van der Waals surface area contributed by atoms with Gasteiger partial charge >= 0.3 is 0 Å². The maximum Gasteiger partial charge on any atom is 0.127 e. The molecule has 0 fully saturated rings. The van der Waals surface area contributed by atoms with E-state index in [-0.39, 0.29) is 6.10 Å². The number of hydrogen-bond acceptors (Lipinski definition) is 4. The van der Waals surface area contributed by atoms with Crippen LogP contribution in [0.4, 0.5) is 0 Å². The van der Waals surface area contributed by atoms with Gasteiger partial charge in [-0.3, -0.25) is 0 Å². The van der Waals surface area contributed by atoms with Crippen LogP contribution in [0.15, 0.2) is 18.2 Å². The third kappa shape index (κ3) is 4.15. The van der Waals surface area contributed by atoms with E-state index in [4.69, 9.17) is 19.9 Å². The number of nitrogens with two attached hydrogens (primary N) is 1. The molecule has 96 valence electrons. The Morgan fingerprint density at radius 2 is 1.59 bits per heavy atom. The van der Waals surface area contributed by atoms with Crippen LogP contribution >= 0.6 is 0 Å². The van der Waals surface area contributed by atoms with Gasteiger partial charge in [-0.15, -0.1) is 0 Å². The first kappa shape index (κ1) is 13.6. The Hall–Kier alpha value is -1.42. The molecule has 1 aromatic carbocycles. The Bertz CT molecular complexity index is 319. The summed E-state index contributed by atoms with van der Waals surface area (Å²) in [6.45, 7) is 2.71. The Balaban J connectivity index is 2.81. The molecule has 0 aliphatic carbocycles. The largest absolute Gasteiger partial charge is 0.496 e. The summed E-state index contributed by atoms with van der Waals surface area (Å²) in [4.78, 5) is 0. The fraction of sp³-hybridized carbons (Fsp3) is 0.538. The number of methoxy groups -OCH3 is 2. The van der Waals surface area contributed by atoms with Crippen LogP contribution in [0.5, 0.6) is 17.2 Å². The Kier molecular flexibility index (Phi) is 5.63. The quantitative estimate of drug-likeness (QED) is 0.792. The third-order valence-corrected chi connectivity index (χ3v) is 2.57. The summed E-state index contributed by atoms with van der Waals surface area (Å²) in [5.41, 5.74) is 5.54. The van der Waals surface area contributed by atoms with Gasteiger partial charge in [0.15, 0.2) is 0 Å². The summed E-state index contributed by atoms with van der Waals surface area (Å²) in [7, 11) is 3.24. The molecule has 1 unspecified atom stereocenters. The maximum absolute atomic E-state index is 5.85.